The lowest BCUT2D eigenvalue weighted by Crippen LogP contribution is -2.55. The van der Waals surface area contributed by atoms with Crippen molar-refractivity contribution in [3.8, 4) is 5.75 Å². The summed E-state index contributed by atoms with van der Waals surface area (Å²) in [4.78, 5) is 28.1. The molecule has 3 aromatic carbocycles. The molecule has 2 fully saturated rings. The van der Waals surface area contributed by atoms with Gasteiger partial charge in [0.1, 0.15) is 6.61 Å². The highest BCUT2D eigenvalue weighted by molar-refractivity contribution is 6.37. The minimum atomic E-state index is -1.38. The maximum Gasteiger partial charge on any atom is 0.256 e. The van der Waals surface area contributed by atoms with Gasteiger partial charge in [0.2, 0.25) is 0 Å². The van der Waals surface area contributed by atoms with Crippen LogP contribution in [0.4, 0.5) is 5.69 Å². The Balaban J connectivity index is 1.40. The van der Waals surface area contributed by atoms with Gasteiger partial charge in [0, 0.05) is 28.8 Å². The lowest BCUT2D eigenvalue weighted by molar-refractivity contribution is -0.534. The van der Waals surface area contributed by atoms with Crippen molar-refractivity contribution in [2.45, 2.75) is 49.9 Å². The van der Waals surface area contributed by atoms with E-state index in [2.05, 4.69) is 5.32 Å². The van der Waals surface area contributed by atoms with E-state index >= 15 is 0 Å². The SMILES string of the molecule is Cc1ccc(COc2c(Cl)cc([C@@H]3[C@@H]4CCCN4[C@]4(C(=O)Nc5ccccc54)[C@@H]3[N+](=O)[O-])cc2Cl)cc1. The molecule has 3 heterocycles. The van der Waals surface area contributed by atoms with Crippen molar-refractivity contribution in [1.82, 2.24) is 4.90 Å². The van der Waals surface area contributed by atoms with Gasteiger partial charge < -0.3 is 10.1 Å². The van der Waals surface area contributed by atoms with E-state index < -0.39 is 17.5 Å². The van der Waals surface area contributed by atoms with Gasteiger partial charge in [-0.1, -0.05) is 71.2 Å². The summed E-state index contributed by atoms with van der Waals surface area (Å²) in [6, 6.07) is 17.3. The molecular formula is C28H25Cl2N3O4. The summed E-state index contributed by atoms with van der Waals surface area (Å²) in [6.45, 7) is 2.91. The molecule has 37 heavy (non-hydrogen) atoms. The molecule has 7 nitrogen and oxygen atoms in total. The maximum atomic E-state index is 13.6. The second-order valence-electron chi connectivity index (χ2n) is 10.0. The molecule has 4 atom stereocenters. The molecule has 0 saturated carbocycles. The quantitative estimate of drug-likeness (QED) is 0.321. The highest BCUT2D eigenvalue weighted by atomic mass is 35.5. The molecule has 1 spiro atoms. The minimum absolute atomic E-state index is 0.196. The minimum Gasteiger partial charge on any atom is -0.486 e. The third-order valence-corrected chi connectivity index (χ3v) is 8.56. The average molecular weight is 538 g/mol. The van der Waals surface area contributed by atoms with E-state index in [0.717, 1.165) is 24.0 Å². The zero-order chi connectivity index (χ0) is 25.9. The van der Waals surface area contributed by atoms with E-state index in [4.69, 9.17) is 27.9 Å². The van der Waals surface area contributed by atoms with Gasteiger partial charge in [-0.15, -0.1) is 0 Å². The number of hydrogen-bond donors (Lipinski definition) is 1. The van der Waals surface area contributed by atoms with Gasteiger partial charge in [-0.2, -0.15) is 0 Å². The number of carbonyl (C=O) groups excluding carboxylic acids is 1. The lowest BCUT2D eigenvalue weighted by Gasteiger charge is -2.32. The van der Waals surface area contributed by atoms with Crippen LogP contribution in [0.15, 0.2) is 60.7 Å². The number of nitro groups is 1. The van der Waals surface area contributed by atoms with E-state index in [1.807, 2.05) is 54.3 Å². The molecule has 3 aromatic rings. The Kier molecular flexibility index (Phi) is 5.90. The zero-order valence-electron chi connectivity index (χ0n) is 20.1. The van der Waals surface area contributed by atoms with E-state index in [9.17, 15) is 14.9 Å². The Bertz CT molecular complexity index is 1390. The molecule has 1 N–H and O–H groups in total. The van der Waals surface area contributed by atoms with Crippen molar-refractivity contribution in [3.63, 3.8) is 0 Å². The maximum absolute atomic E-state index is 13.6. The Morgan fingerprint density at radius 3 is 2.54 bits per heavy atom. The first kappa shape index (κ1) is 24.2. The second kappa shape index (κ2) is 9.01. The van der Waals surface area contributed by atoms with Crippen molar-refractivity contribution in [3.05, 3.63) is 103 Å². The third-order valence-electron chi connectivity index (χ3n) is 8.00. The van der Waals surface area contributed by atoms with Gasteiger partial charge in [0.15, 0.2) is 11.3 Å². The number of hydrogen-bond acceptors (Lipinski definition) is 5. The summed E-state index contributed by atoms with van der Waals surface area (Å²) in [5, 5.41) is 16.3. The summed E-state index contributed by atoms with van der Waals surface area (Å²) in [5.74, 6) is -0.583. The molecule has 6 rings (SSSR count). The Morgan fingerprint density at radius 2 is 1.84 bits per heavy atom. The number of fused-ring (bicyclic) bond motifs is 4. The number of carbonyl (C=O) groups is 1. The highest BCUT2D eigenvalue weighted by Gasteiger charge is 2.73. The van der Waals surface area contributed by atoms with Gasteiger partial charge in [-0.05, 0) is 49.1 Å². The van der Waals surface area contributed by atoms with Crippen molar-refractivity contribution in [2.24, 2.45) is 0 Å². The number of rotatable bonds is 5. The van der Waals surface area contributed by atoms with E-state index in [1.165, 1.54) is 0 Å². The van der Waals surface area contributed by atoms with Gasteiger partial charge in [0.05, 0.1) is 16.0 Å². The average Bonchev–Trinajstić information content (AvgIpc) is 3.53. The van der Waals surface area contributed by atoms with Crippen LogP contribution in [0.2, 0.25) is 10.0 Å². The molecule has 2 saturated heterocycles. The van der Waals surface area contributed by atoms with Crippen LogP contribution in [0.3, 0.4) is 0 Å². The van der Waals surface area contributed by atoms with Crippen LogP contribution >= 0.6 is 23.2 Å². The first-order valence-corrected chi connectivity index (χ1v) is 13.1. The second-order valence-corrected chi connectivity index (χ2v) is 10.8. The van der Waals surface area contributed by atoms with Crippen LogP contribution in [-0.4, -0.2) is 34.4 Å². The van der Waals surface area contributed by atoms with Crippen LogP contribution in [0, 0.1) is 17.0 Å². The summed E-state index contributed by atoms with van der Waals surface area (Å²) in [7, 11) is 0. The predicted molar refractivity (Wildman–Crippen MR) is 142 cm³/mol. The van der Waals surface area contributed by atoms with Crippen molar-refractivity contribution in [1.29, 1.82) is 0 Å². The first-order chi connectivity index (χ1) is 17.8. The number of nitrogens with one attached hydrogen (secondary N) is 1. The van der Waals surface area contributed by atoms with Crippen LogP contribution in [0.1, 0.15) is 41.0 Å². The van der Waals surface area contributed by atoms with Crippen LogP contribution in [-0.2, 0) is 16.9 Å². The monoisotopic (exact) mass is 537 g/mol. The van der Waals surface area contributed by atoms with E-state index in [1.54, 1.807) is 18.2 Å². The fourth-order valence-electron chi connectivity index (χ4n) is 6.52. The van der Waals surface area contributed by atoms with Crippen LogP contribution < -0.4 is 10.1 Å². The number of para-hydroxylation sites is 1. The smallest absolute Gasteiger partial charge is 0.256 e. The number of nitrogens with zero attached hydrogens (tertiary/aromatic N) is 2. The number of amides is 1. The lowest BCUT2D eigenvalue weighted by atomic mass is 9.77. The largest absolute Gasteiger partial charge is 0.486 e. The number of aryl methyl sites for hydroxylation is 1. The molecule has 0 aliphatic carbocycles. The molecule has 1 amide bonds. The van der Waals surface area contributed by atoms with Crippen LogP contribution in [0.5, 0.6) is 5.75 Å². The first-order valence-electron chi connectivity index (χ1n) is 12.3. The Morgan fingerprint density at radius 1 is 1.14 bits per heavy atom. The summed E-state index contributed by atoms with van der Waals surface area (Å²) in [6.07, 6.45) is 1.59. The molecule has 190 valence electrons. The summed E-state index contributed by atoms with van der Waals surface area (Å²) in [5.41, 5.74) is 2.67. The van der Waals surface area contributed by atoms with Crippen molar-refractivity contribution in [2.75, 3.05) is 11.9 Å². The van der Waals surface area contributed by atoms with Gasteiger partial charge in [-0.3, -0.25) is 19.8 Å². The number of ether oxygens (including phenoxy) is 1. The Hall–Kier alpha value is -3.13. The third kappa shape index (κ3) is 3.63. The molecule has 9 heteroatoms. The van der Waals surface area contributed by atoms with E-state index in [0.29, 0.717) is 39.2 Å². The van der Waals surface area contributed by atoms with E-state index in [-0.39, 0.29) is 23.5 Å². The zero-order valence-corrected chi connectivity index (χ0v) is 21.6. The van der Waals surface area contributed by atoms with Crippen molar-refractivity contribution >= 4 is 34.8 Å². The predicted octanol–water partition coefficient (Wildman–Crippen LogP) is 5.94. The van der Waals surface area contributed by atoms with Gasteiger partial charge in [0.25, 0.3) is 11.9 Å². The fourth-order valence-corrected chi connectivity index (χ4v) is 7.14. The number of benzene rings is 3. The highest BCUT2D eigenvalue weighted by Crippen LogP contribution is 2.58. The molecule has 3 aliphatic heterocycles. The molecular weight excluding hydrogens is 513 g/mol. The number of halogens is 2. The van der Waals surface area contributed by atoms with Crippen LogP contribution in [0.25, 0.3) is 0 Å². The molecule has 3 aliphatic rings. The fraction of sp³-hybridized carbons (Fsp3) is 0.321. The van der Waals surface area contributed by atoms with Gasteiger partial charge >= 0.3 is 0 Å². The molecule has 0 bridgehead atoms. The number of anilines is 1. The van der Waals surface area contributed by atoms with Crippen molar-refractivity contribution < 1.29 is 14.5 Å². The molecule has 0 aromatic heterocycles. The Labute approximate surface area is 224 Å². The topological polar surface area (TPSA) is 84.7 Å². The molecule has 0 radical (unpaired) electrons. The van der Waals surface area contributed by atoms with Gasteiger partial charge in [-0.25, -0.2) is 0 Å². The molecule has 0 unspecified atom stereocenters. The summed E-state index contributed by atoms with van der Waals surface area (Å²) < 4.78 is 5.96. The normalized spacial score (nSPS) is 26.2. The standard InChI is InChI=1S/C28H25Cl2N3O4/c1-16-8-10-17(11-9-16)15-37-25-20(29)13-18(14-21(25)30)24-23-7-4-12-32(23)28(26(24)33(35)36)19-5-2-3-6-22(19)31-27(28)34/h2-3,5-6,8-11,13-14,23-24,26H,4,7,12,15H2,1H3,(H,31,34)/t23-,24+,26+,28-/m0/s1. The summed E-state index contributed by atoms with van der Waals surface area (Å²) >= 11 is 13.3.